The van der Waals surface area contributed by atoms with E-state index in [0.29, 0.717) is 25.2 Å². The van der Waals surface area contributed by atoms with Gasteiger partial charge in [-0.2, -0.15) is 13.2 Å². The summed E-state index contributed by atoms with van der Waals surface area (Å²) in [5.41, 5.74) is 2.80. The first kappa shape index (κ1) is 26.0. The van der Waals surface area contributed by atoms with Gasteiger partial charge in [0.05, 0.1) is 5.56 Å². The number of halogens is 3. The number of carbonyl (C=O) groups is 1. The van der Waals surface area contributed by atoms with Gasteiger partial charge < -0.3 is 14.4 Å². The number of fused-ring (bicyclic) bond motifs is 1. The van der Waals surface area contributed by atoms with Crippen LogP contribution in [0.15, 0.2) is 85.1 Å². The third-order valence-electron chi connectivity index (χ3n) is 7.56. The third kappa shape index (κ3) is 5.63. The van der Waals surface area contributed by atoms with Gasteiger partial charge in [-0.15, -0.1) is 0 Å². The van der Waals surface area contributed by atoms with E-state index in [9.17, 15) is 18.0 Å². The smallest absolute Gasteiger partial charge is 0.343 e. The van der Waals surface area contributed by atoms with Crippen LogP contribution in [-0.2, 0) is 17.5 Å². The fraction of sp³-hybridized carbons (Fsp3) is 0.323. The molecule has 1 saturated heterocycles. The van der Waals surface area contributed by atoms with Crippen molar-refractivity contribution >= 4 is 16.8 Å². The number of amides is 1. The number of benzene rings is 3. The molecule has 0 saturated carbocycles. The Balaban J connectivity index is 1.55. The second-order valence-corrected chi connectivity index (χ2v) is 9.91. The van der Waals surface area contributed by atoms with Crippen LogP contribution in [0.2, 0.25) is 0 Å². The van der Waals surface area contributed by atoms with Crippen LogP contribution in [-0.4, -0.2) is 53.0 Å². The zero-order chi connectivity index (χ0) is 26.7. The maximum absolute atomic E-state index is 13.7. The SMILES string of the molecule is CCN1CCN(C(=O)CC(c2cccc(C(F)(F)F)c2)c2cn(Cc3ccccc3)c3ccccc23)CC1. The summed E-state index contributed by atoms with van der Waals surface area (Å²) in [7, 11) is 0. The van der Waals surface area contributed by atoms with Gasteiger partial charge in [-0.1, -0.05) is 73.7 Å². The van der Waals surface area contributed by atoms with Crippen molar-refractivity contribution in [3.63, 3.8) is 0 Å². The third-order valence-corrected chi connectivity index (χ3v) is 7.56. The van der Waals surface area contributed by atoms with Crippen LogP contribution < -0.4 is 0 Å². The van der Waals surface area contributed by atoms with E-state index < -0.39 is 17.7 Å². The van der Waals surface area contributed by atoms with Crippen LogP contribution in [0.25, 0.3) is 10.9 Å². The number of hydrogen-bond acceptors (Lipinski definition) is 2. The number of nitrogens with zero attached hydrogens (tertiary/aromatic N) is 3. The van der Waals surface area contributed by atoms with Gasteiger partial charge in [0.2, 0.25) is 5.91 Å². The lowest BCUT2D eigenvalue weighted by atomic mass is 9.87. The van der Waals surface area contributed by atoms with Crippen molar-refractivity contribution < 1.29 is 18.0 Å². The number of alkyl halides is 3. The van der Waals surface area contributed by atoms with Crippen molar-refractivity contribution in [3.05, 3.63) is 107 Å². The molecule has 0 radical (unpaired) electrons. The van der Waals surface area contributed by atoms with Crippen LogP contribution in [0.1, 0.15) is 41.5 Å². The number of aromatic nitrogens is 1. The Morgan fingerprint density at radius 2 is 1.61 bits per heavy atom. The Morgan fingerprint density at radius 3 is 2.32 bits per heavy atom. The van der Waals surface area contributed by atoms with Crippen molar-refractivity contribution in [3.8, 4) is 0 Å². The zero-order valence-electron chi connectivity index (χ0n) is 21.5. The van der Waals surface area contributed by atoms with Crippen LogP contribution in [0.4, 0.5) is 13.2 Å². The Hall–Kier alpha value is -3.58. The van der Waals surface area contributed by atoms with Gasteiger partial charge in [-0.05, 0) is 35.4 Å². The predicted molar refractivity (Wildman–Crippen MR) is 144 cm³/mol. The summed E-state index contributed by atoms with van der Waals surface area (Å²) in [6, 6.07) is 23.4. The van der Waals surface area contributed by atoms with Crippen molar-refractivity contribution in [1.82, 2.24) is 14.4 Å². The molecule has 1 atom stereocenters. The Labute approximate surface area is 221 Å². The first-order chi connectivity index (χ1) is 18.3. The minimum Gasteiger partial charge on any atom is -0.343 e. The quantitative estimate of drug-likeness (QED) is 0.283. The molecule has 38 heavy (non-hydrogen) atoms. The zero-order valence-corrected chi connectivity index (χ0v) is 21.5. The number of hydrogen-bond donors (Lipinski definition) is 0. The number of carbonyl (C=O) groups excluding carboxylic acids is 1. The molecule has 1 unspecified atom stereocenters. The summed E-state index contributed by atoms with van der Waals surface area (Å²) >= 11 is 0. The monoisotopic (exact) mass is 519 g/mol. The van der Waals surface area contributed by atoms with Gasteiger partial charge in [0.1, 0.15) is 0 Å². The second kappa shape index (κ2) is 11.0. The molecule has 3 aromatic carbocycles. The molecule has 4 nitrogen and oxygen atoms in total. The normalized spacial score (nSPS) is 15.6. The topological polar surface area (TPSA) is 28.5 Å². The first-order valence-corrected chi connectivity index (χ1v) is 13.1. The molecule has 0 N–H and O–H groups in total. The number of likely N-dealkylation sites (N-methyl/N-ethyl adjacent to an activating group) is 1. The van der Waals surface area contributed by atoms with E-state index in [2.05, 4.69) is 28.5 Å². The van der Waals surface area contributed by atoms with E-state index in [-0.39, 0.29) is 12.3 Å². The standard InChI is InChI=1S/C31H32F3N3O/c1-2-35-15-17-36(18-16-35)30(38)20-27(24-11-8-12-25(19-24)31(32,33)34)28-22-37(21-23-9-4-3-5-10-23)29-14-7-6-13-26(28)29/h3-14,19,22,27H,2,15-18,20-21H2,1H3. The summed E-state index contributed by atoms with van der Waals surface area (Å²) in [5, 5.41) is 0.953. The highest BCUT2D eigenvalue weighted by atomic mass is 19.4. The average Bonchev–Trinajstić information content (AvgIpc) is 3.29. The highest BCUT2D eigenvalue weighted by molar-refractivity contribution is 5.87. The largest absolute Gasteiger partial charge is 0.416 e. The van der Waals surface area contributed by atoms with E-state index >= 15 is 0 Å². The molecule has 5 rings (SSSR count). The molecule has 1 fully saturated rings. The summed E-state index contributed by atoms with van der Waals surface area (Å²) < 4.78 is 43.1. The van der Waals surface area contributed by atoms with Crippen molar-refractivity contribution in [2.45, 2.75) is 32.0 Å². The molecule has 1 aliphatic heterocycles. The molecular formula is C31H32F3N3O. The van der Waals surface area contributed by atoms with Gasteiger partial charge in [0, 0.05) is 62.2 Å². The van der Waals surface area contributed by atoms with Gasteiger partial charge in [0.15, 0.2) is 0 Å². The number of piperazine rings is 1. The molecule has 0 bridgehead atoms. The van der Waals surface area contributed by atoms with E-state index in [0.717, 1.165) is 47.7 Å². The maximum atomic E-state index is 13.7. The fourth-order valence-corrected chi connectivity index (χ4v) is 5.42. The lowest BCUT2D eigenvalue weighted by molar-refractivity contribution is -0.137. The van der Waals surface area contributed by atoms with Gasteiger partial charge in [-0.25, -0.2) is 0 Å². The van der Waals surface area contributed by atoms with Crippen LogP contribution in [0.3, 0.4) is 0 Å². The fourth-order valence-electron chi connectivity index (χ4n) is 5.42. The molecule has 1 aliphatic rings. The average molecular weight is 520 g/mol. The number of para-hydroxylation sites is 1. The van der Waals surface area contributed by atoms with Crippen LogP contribution in [0, 0.1) is 0 Å². The highest BCUT2D eigenvalue weighted by Crippen LogP contribution is 2.38. The predicted octanol–water partition coefficient (Wildman–Crippen LogP) is 6.39. The Kier molecular flexibility index (Phi) is 7.56. The molecule has 2 heterocycles. The lowest BCUT2D eigenvalue weighted by Gasteiger charge is -2.35. The van der Waals surface area contributed by atoms with Crippen molar-refractivity contribution in [2.24, 2.45) is 0 Å². The molecular weight excluding hydrogens is 487 g/mol. The molecule has 1 aromatic heterocycles. The Bertz CT molecular complexity index is 1390. The van der Waals surface area contributed by atoms with E-state index in [1.54, 1.807) is 6.07 Å². The maximum Gasteiger partial charge on any atom is 0.416 e. The molecule has 7 heteroatoms. The van der Waals surface area contributed by atoms with Crippen LogP contribution >= 0.6 is 0 Å². The molecule has 4 aromatic rings. The van der Waals surface area contributed by atoms with E-state index in [1.165, 1.54) is 12.1 Å². The van der Waals surface area contributed by atoms with Crippen LogP contribution in [0.5, 0.6) is 0 Å². The minimum absolute atomic E-state index is 0.0249. The molecule has 198 valence electrons. The second-order valence-electron chi connectivity index (χ2n) is 9.91. The van der Waals surface area contributed by atoms with E-state index in [1.807, 2.05) is 53.6 Å². The summed E-state index contributed by atoms with van der Waals surface area (Å²) in [5.74, 6) is -0.529. The molecule has 1 amide bonds. The van der Waals surface area contributed by atoms with Gasteiger partial charge in [-0.3, -0.25) is 4.79 Å². The Morgan fingerprint density at radius 1 is 0.895 bits per heavy atom. The van der Waals surface area contributed by atoms with Crippen molar-refractivity contribution in [1.29, 1.82) is 0 Å². The molecule has 0 spiro atoms. The molecule has 0 aliphatic carbocycles. The summed E-state index contributed by atoms with van der Waals surface area (Å²) in [6.07, 6.45) is -2.32. The van der Waals surface area contributed by atoms with E-state index in [4.69, 9.17) is 0 Å². The van der Waals surface area contributed by atoms with Gasteiger partial charge in [0.25, 0.3) is 0 Å². The summed E-state index contributed by atoms with van der Waals surface area (Å²) in [6.45, 7) is 6.57. The number of rotatable bonds is 7. The van der Waals surface area contributed by atoms with Gasteiger partial charge >= 0.3 is 6.18 Å². The lowest BCUT2D eigenvalue weighted by Crippen LogP contribution is -2.48. The first-order valence-electron chi connectivity index (χ1n) is 13.1. The highest BCUT2D eigenvalue weighted by Gasteiger charge is 2.32. The van der Waals surface area contributed by atoms with Crippen molar-refractivity contribution in [2.75, 3.05) is 32.7 Å². The minimum atomic E-state index is -4.46. The summed E-state index contributed by atoms with van der Waals surface area (Å²) in [4.78, 5) is 17.7.